The standard InChI is InChI=1S/C15H20N8O/c1-9-10(2)20-15-17-8-19-23(15)14(9)22(3)6-12-11(4-5-24-12)13-16-7-18-21-13/h7-8,11-12H,4-6H2,1-3H3,(H,16,18,21)/t11-,12-/m1/s1. The maximum Gasteiger partial charge on any atom is 0.254 e. The van der Waals surface area contributed by atoms with Gasteiger partial charge in [-0.25, -0.2) is 9.97 Å². The number of anilines is 1. The first-order valence-electron chi connectivity index (χ1n) is 8.00. The van der Waals surface area contributed by atoms with E-state index in [9.17, 15) is 0 Å². The molecule has 1 aliphatic heterocycles. The molecule has 2 atom stereocenters. The molecule has 3 aromatic heterocycles. The van der Waals surface area contributed by atoms with Crippen LogP contribution < -0.4 is 4.90 Å². The third-order valence-electron chi connectivity index (χ3n) is 4.69. The SMILES string of the molecule is Cc1nc2ncnn2c(N(C)C[C@H]2OCC[C@H]2c2ncn[nH]2)c1C. The fourth-order valence-electron chi connectivity index (χ4n) is 3.35. The first kappa shape index (κ1) is 15.0. The quantitative estimate of drug-likeness (QED) is 0.759. The lowest BCUT2D eigenvalue weighted by atomic mass is 10.0. The van der Waals surface area contributed by atoms with Crippen molar-refractivity contribution in [3.8, 4) is 0 Å². The summed E-state index contributed by atoms with van der Waals surface area (Å²) in [4.78, 5) is 15.1. The minimum atomic E-state index is 0.0504. The van der Waals surface area contributed by atoms with E-state index in [1.807, 2.05) is 14.0 Å². The summed E-state index contributed by atoms with van der Waals surface area (Å²) in [7, 11) is 2.04. The van der Waals surface area contributed by atoms with E-state index >= 15 is 0 Å². The molecule has 0 amide bonds. The van der Waals surface area contributed by atoms with Crippen LogP contribution in [0.5, 0.6) is 0 Å². The molecule has 1 aliphatic rings. The molecule has 4 rings (SSSR count). The van der Waals surface area contributed by atoms with Gasteiger partial charge in [-0.05, 0) is 20.3 Å². The van der Waals surface area contributed by atoms with Crippen LogP contribution in [-0.4, -0.2) is 61.1 Å². The molecule has 0 spiro atoms. The van der Waals surface area contributed by atoms with Crippen molar-refractivity contribution in [1.29, 1.82) is 0 Å². The predicted octanol–water partition coefficient (Wildman–Crippen LogP) is 0.868. The summed E-state index contributed by atoms with van der Waals surface area (Å²) >= 11 is 0. The third-order valence-corrected chi connectivity index (χ3v) is 4.69. The van der Waals surface area contributed by atoms with Gasteiger partial charge in [0.2, 0.25) is 0 Å². The molecular weight excluding hydrogens is 308 g/mol. The number of aryl methyl sites for hydroxylation is 1. The van der Waals surface area contributed by atoms with Crippen molar-refractivity contribution in [3.63, 3.8) is 0 Å². The predicted molar refractivity (Wildman–Crippen MR) is 87.0 cm³/mol. The van der Waals surface area contributed by atoms with Gasteiger partial charge in [-0.1, -0.05) is 0 Å². The van der Waals surface area contributed by atoms with Crippen LogP contribution in [0.2, 0.25) is 0 Å². The molecule has 0 unspecified atom stereocenters. The lowest BCUT2D eigenvalue weighted by Gasteiger charge is -2.27. The highest BCUT2D eigenvalue weighted by Crippen LogP contribution is 2.31. The Balaban J connectivity index is 1.64. The van der Waals surface area contributed by atoms with E-state index in [-0.39, 0.29) is 12.0 Å². The number of nitrogens with one attached hydrogen (secondary N) is 1. The number of hydrogen-bond acceptors (Lipinski definition) is 7. The summed E-state index contributed by atoms with van der Waals surface area (Å²) in [5.74, 6) is 2.71. The summed E-state index contributed by atoms with van der Waals surface area (Å²) in [5, 5.41) is 11.3. The first-order chi connectivity index (χ1) is 11.6. The highest BCUT2D eigenvalue weighted by Gasteiger charge is 2.33. The molecule has 4 heterocycles. The minimum absolute atomic E-state index is 0.0504. The molecule has 3 aromatic rings. The Morgan fingerprint density at radius 1 is 1.33 bits per heavy atom. The van der Waals surface area contributed by atoms with Gasteiger partial charge in [-0.2, -0.15) is 19.7 Å². The van der Waals surface area contributed by atoms with E-state index in [2.05, 4.69) is 42.1 Å². The van der Waals surface area contributed by atoms with Crippen LogP contribution in [0.25, 0.3) is 5.78 Å². The molecule has 9 heteroatoms. The number of rotatable bonds is 4. The molecule has 1 fully saturated rings. The van der Waals surface area contributed by atoms with Gasteiger partial charge in [-0.15, -0.1) is 0 Å². The molecular formula is C15H20N8O. The van der Waals surface area contributed by atoms with E-state index in [4.69, 9.17) is 4.74 Å². The molecule has 0 saturated carbocycles. The maximum absolute atomic E-state index is 5.95. The second-order valence-corrected chi connectivity index (χ2v) is 6.17. The Kier molecular flexibility index (Phi) is 3.64. The number of aromatic amines is 1. The number of H-pyrrole nitrogens is 1. The first-order valence-corrected chi connectivity index (χ1v) is 8.00. The molecule has 24 heavy (non-hydrogen) atoms. The van der Waals surface area contributed by atoms with Crippen LogP contribution in [0, 0.1) is 13.8 Å². The number of ether oxygens (including phenoxy) is 1. The van der Waals surface area contributed by atoms with Crippen molar-refractivity contribution in [2.24, 2.45) is 0 Å². The smallest absolute Gasteiger partial charge is 0.254 e. The van der Waals surface area contributed by atoms with Crippen molar-refractivity contribution in [2.75, 3.05) is 25.1 Å². The summed E-state index contributed by atoms with van der Waals surface area (Å²) in [6, 6.07) is 0. The van der Waals surface area contributed by atoms with Gasteiger partial charge in [0.1, 0.15) is 24.3 Å². The lowest BCUT2D eigenvalue weighted by Crippen LogP contribution is -2.34. The molecule has 0 radical (unpaired) electrons. The average molecular weight is 328 g/mol. The van der Waals surface area contributed by atoms with Crippen LogP contribution in [0.15, 0.2) is 12.7 Å². The van der Waals surface area contributed by atoms with E-state index in [1.54, 1.807) is 10.8 Å². The van der Waals surface area contributed by atoms with Gasteiger partial charge in [0.25, 0.3) is 5.78 Å². The zero-order valence-electron chi connectivity index (χ0n) is 14.0. The van der Waals surface area contributed by atoms with Crippen molar-refractivity contribution >= 4 is 11.6 Å². The van der Waals surface area contributed by atoms with Crippen LogP contribution in [0.4, 0.5) is 5.82 Å². The van der Waals surface area contributed by atoms with Gasteiger partial charge >= 0.3 is 0 Å². The van der Waals surface area contributed by atoms with Crippen molar-refractivity contribution in [3.05, 3.63) is 29.7 Å². The normalized spacial score (nSPS) is 20.8. The fourth-order valence-corrected chi connectivity index (χ4v) is 3.35. The average Bonchev–Trinajstić information content (AvgIpc) is 3.27. The van der Waals surface area contributed by atoms with Crippen molar-refractivity contribution < 1.29 is 4.74 Å². The summed E-state index contributed by atoms with van der Waals surface area (Å²) in [5.41, 5.74) is 2.04. The molecule has 126 valence electrons. The summed E-state index contributed by atoms with van der Waals surface area (Å²) in [6.45, 7) is 5.51. The Morgan fingerprint density at radius 3 is 3.00 bits per heavy atom. The molecule has 0 aromatic carbocycles. The monoisotopic (exact) mass is 328 g/mol. The number of aromatic nitrogens is 7. The van der Waals surface area contributed by atoms with E-state index in [0.717, 1.165) is 42.5 Å². The summed E-state index contributed by atoms with van der Waals surface area (Å²) < 4.78 is 7.73. The summed E-state index contributed by atoms with van der Waals surface area (Å²) in [6.07, 6.45) is 4.07. The van der Waals surface area contributed by atoms with Gasteiger partial charge in [0.05, 0.1) is 6.10 Å². The van der Waals surface area contributed by atoms with Crippen molar-refractivity contribution in [1.82, 2.24) is 34.8 Å². The second-order valence-electron chi connectivity index (χ2n) is 6.17. The largest absolute Gasteiger partial charge is 0.376 e. The topological polar surface area (TPSA) is 97.1 Å². The van der Waals surface area contributed by atoms with E-state index < -0.39 is 0 Å². The van der Waals surface area contributed by atoms with Crippen LogP contribution >= 0.6 is 0 Å². The van der Waals surface area contributed by atoms with E-state index in [1.165, 1.54) is 6.33 Å². The zero-order valence-corrected chi connectivity index (χ0v) is 14.0. The molecule has 1 N–H and O–H groups in total. The van der Waals surface area contributed by atoms with Crippen LogP contribution in [0.3, 0.4) is 0 Å². The highest BCUT2D eigenvalue weighted by atomic mass is 16.5. The minimum Gasteiger partial charge on any atom is -0.376 e. The Bertz CT molecular complexity index is 843. The number of fused-ring (bicyclic) bond motifs is 1. The Morgan fingerprint density at radius 2 is 2.21 bits per heavy atom. The van der Waals surface area contributed by atoms with Gasteiger partial charge < -0.3 is 9.64 Å². The second kappa shape index (κ2) is 5.82. The van der Waals surface area contributed by atoms with Crippen LogP contribution in [-0.2, 0) is 4.74 Å². The number of hydrogen-bond donors (Lipinski definition) is 1. The highest BCUT2D eigenvalue weighted by molar-refractivity contribution is 5.53. The van der Waals surface area contributed by atoms with Crippen LogP contribution in [0.1, 0.15) is 29.4 Å². The molecule has 1 saturated heterocycles. The number of nitrogens with zero attached hydrogens (tertiary/aromatic N) is 7. The van der Waals surface area contributed by atoms with E-state index in [0.29, 0.717) is 5.78 Å². The van der Waals surface area contributed by atoms with Crippen molar-refractivity contribution in [2.45, 2.75) is 32.3 Å². The number of likely N-dealkylation sites (N-methyl/N-ethyl adjacent to an activating group) is 1. The Hall–Kier alpha value is -2.55. The third kappa shape index (κ3) is 2.41. The molecule has 0 bridgehead atoms. The van der Waals surface area contributed by atoms with Gasteiger partial charge in [0, 0.05) is 37.4 Å². The van der Waals surface area contributed by atoms with Gasteiger partial charge in [-0.3, -0.25) is 5.10 Å². The lowest BCUT2D eigenvalue weighted by molar-refractivity contribution is 0.108. The molecule has 9 nitrogen and oxygen atoms in total. The van der Waals surface area contributed by atoms with Gasteiger partial charge in [0.15, 0.2) is 0 Å². The fraction of sp³-hybridized carbons (Fsp3) is 0.533. The maximum atomic E-state index is 5.95. The Labute approximate surface area is 139 Å². The molecule has 0 aliphatic carbocycles. The zero-order chi connectivity index (χ0) is 16.7.